The number of carboxylic acid groups (broad SMARTS) is 1. The predicted octanol–water partition coefficient (Wildman–Crippen LogP) is 4.69. The molecule has 3 heterocycles. The lowest BCUT2D eigenvalue weighted by Crippen LogP contribution is -2.49. The van der Waals surface area contributed by atoms with Crippen LogP contribution in [-0.4, -0.2) is 86.8 Å². The Morgan fingerprint density at radius 1 is 0.975 bits per heavy atom. The molecule has 0 spiro atoms. The number of carbonyl (C=O) groups excluding carboxylic acids is 1. The van der Waals surface area contributed by atoms with Gasteiger partial charge in [0.1, 0.15) is 4.32 Å². The lowest BCUT2D eigenvalue weighted by atomic mass is 10.0. The van der Waals surface area contributed by atoms with Crippen LogP contribution in [0.2, 0.25) is 0 Å². The molecule has 1 aromatic carbocycles. The highest BCUT2D eigenvalue weighted by atomic mass is 32.2. The molecule has 214 valence electrons. The lowest BCUT2D eigenvalue weighted by molar-refractivity contribution is -0.143. The van der Waals surface area contributed by atoms with Gasteiger partial charge in [0.15, 0.2) is 0 Å². The molecule has 40 heavy (non-hydrogen) atoms. The maximum Gasteiger partial charge on any atom is 0.416 e. The van der Waals surface area contributed by atoms with Crippen LogP contribution in [0.3, 0.4) is 0 Å². The molecule has 0 bridgehead atoms. The minimum absolute atomic E-state index is 0.0280. The molecule has 2 fully saturated rings. The fourth-order valence-electron chi connectivity index (χ4n) is 4.23. The van der Waals surface area contributed by atoms with Crippen LogP contribution in [-0.2, 0) is 21.9 Å². The van der Waals surface area contributed by atoms with Gasteiger partial charge in [0.2, 0.25) is 0 Å². The molecule has 0 unspecified atom stereocenters. The Kier molecular flexibility index (Phi) is 8.87. The number of benzene rings is 1. The Morgan fingerprint density at radius 2 is 1.57 bits per heavy atom. The van der Waals surface area contributed by atoms with Crippen LogP contribution in [0, 0.1) is 0 Å². The number of thioether (sulfide) groups is 1. The number of rotatable bonds is 7. The molecule has 2 aromatic rings. The zero-order chi connectivity index (χ0) is 29.2. The molecule has 7 nitrogen and oxygen atoms in total. The molecule has 0 aliphatic carbocycles. The number of halogens is 6. The highest BCUT2D eigenvalue weighted by Crippen LogP contribution is 2.38. The van der Waals surface area contributed by atoms with Gasteiger partial charge >= 0.3 is 18.3 Å². The molecule has 2 aliphatic rings. The number of nitrogens with zero attached hydrogens (tertiary/aromatic N) is 4. The first-order valence-corrected chi connectivity index (χ1v) is 13.1. The number of hydrogen-bond acceptors (Lipinski definition) is 7. The number of pyridine rings is 1. The van der Waals surface area contributed by atoms with Gasteiger partial charge in [-0.2, -0.15) is 26.3 Å². The van der Waals surface area contributed by atoms with Crippen molar-refractivity contribution in [3.05, 3.63) is 58.1 Å². The summed E-state index contributed by atoms with van der Waals surface area (Å²) in [4.78, 5) is 33.6. The van der Waals surface area contributed by atoms with Gasteiger partial charge in [0.05, 0.1) is 34.0 Å². The third-order valence-electron chi connectivity index (χ3n) is 6.27. The SMILES string of the molecule is O=C(O)CN1CCN(CCN2C(=O)C(=Cc3cccc(-c4cc(C(F)(F)F)cc(C(F)(F)F)c4)n3)SC2=S)CC1. The number of thiocarbonyl (C=S) groups is 1. The Morgan fingerprint density at radius 3 is 2.15 bits per heavy atom. The summed E-state index contributed by atoms with van der Waals surface area (Å²) in [6, 6.07) is 5.44. The van der Waals surface area contributed by atoms with Gasteiger partial charge in [-0.25, -0.2) is 4.98 Å². The maximum atomic E-state index is 13.3. The predicted molar refractivity (Wildman–Crippen MR) is 140 cm³/mol. The standard InChI is InChI=1S/C25H22F6N4O3S2/c26-24(27,28)16-10-15(11-17(12-16)25(29,30)31)19-3-1-2-18(32-19)13-20-22(38)35(23(39)40-20)9-8-33-4-6-34(7-5-33)14-21(36)37/h1-3,10-13H,4-9,14H2,(H,36,37). The maximum absolute atomic E-state index is 13.3. The molecular weight excluding hydrogens is 582 g/mol. The molecule has 0 saturated carbocycles. The van der Waals surface area contributed by atoms with Crippen LogP contribution in [0.1, 0.15) is 16.8 Å². The second-order valence-electron chi connectivity index (χ2n) is 9.09. The first-order chi connectivity index (χ1) is 18.7. The molecule has 1 N–H and O–H groups in total. The summed E-state index contributed by atoms with van der Waals surface area (Å²) in [5, 5.41) is 8.91. The summed E-state index contributed by atoms with van der Waals surface area (Å²) in [5.74, 6) is -1.27. The summed E-state index contributed by atoms with van der Waals surface area (Å²) in [6.45, 7) is 3.25. The normalized spacial score (nSPS) is 18.6. The van der Waals surface area contributed by atoms with E-state index in [1.807, 2.05) is 4.90 Å². The Hall–Kier alpha value is -3.01. The Balaban J connectivity index is 1.48. The van der Waals surface area contributed by atoms with E-state index in [-0.39, 0.29) is 40.4 Å². The van der Waals surface area contributed by atoms with Crippen molar-refractivity contribution in [2.75, 3.05) is 45.8 Å². The third-order valence-corrected chi connectivity index (χ3v) is 7.65. The van der Waals surface area contributed by atoms with Gasteiger partial charge in [0.25, 0.3) is 5.91 Å². The minimum Gasteiger partial charge on any atom is -0.480 e. The quantitative estimate of drug-likeness (QED) is 0.277. The number of alkyl halides is 6. The van der Waals surface area contributed by atoms with Crippen LogP contribution in [0.15, 0.2) is 41.3 Å². The number of aliphatic carboxylic acids is 1. The van der Waals surface area contributed by atoms with E-state index in [9.17, 15) is 35.9 Å². The molecule has 4 rings (SSSR count). The highest BCUT2D eigenvalue weighted by molar-refractivity contribution is 8.26. The zero-order valence-corrected chi connectivity index (χ0v) is 22.3. The van der Waals surface area contributed by atoms with Crippen LogP contribution in [0.4, 0.5) is 26.3 Å². The van der Waals surface area contributed by atoms with Gasteiger partial charge in [-0.15, -0.1) is 0 Å². The second-order valence-corrected chi connectivity index (χ2v) is 10.8. The van der Waals surface area contributed by atoms with E-state index in [1.54, 1.807) is 0 Å². The van der Waals surface area contributed by atoms with E-state index >= 15 is 0 Å². The summed E-state index contributed by atoms with van der Waals surface area (Å²) in [6.07, 6.45) is -8.59. The number of carbonyl (C=O) groups is 2. The van der Waals surface area contributed by atoms with Crippen molar-refractivity contribution in [2.24, 2.45) is 0 Å². The number of aromatic nitrogens is 1. The zero-order valence-electron chi connectivity index (χ0n) is 20.6. The lowest BCUT2D eigenvalue weighted by Gasteiger charge is -2.34. The molecule has 0 radical (unpaired) electrons. The molecule has 0 atom stereocenters. The van der Waals surface area contributed by atoms with Crippen molar-refractivity contribution in [3.63, 3.8) is 0 Å². The number of piperazine rings is 1. The molecular formula is C25H22F6N4O3S2. The van der Waals surface area contributed by atoms with Crippen molar-refractivity contribution in [1.29, 1.82) is 0 Å². The van der Waals surface area contributed by atoms with E-state index in [4.69, 9.17) is 17.3 Å². The average Bonchev–Trinajstić information content (AvgIpc) is 3.14. The highest BCUT2D eigenvalue weighted by Gasteiger charge is 2.37. The topological polar surface area (TPSA) is 77.0 Å². The largest absolute Gasteiger partial charge is 0.480 e. The Labute approximate surface area is 234 Å². The van der Waals surface area contributed by atoms with Crippen molar-refractivity contribution in [1.82, 2.24) is 19.7 Å². The van der Waals surface area contributed by atoms with Crippen molar-refractivity contribution < 1.29 is 41.0 Å². The van der Waals surface area contributed by atoms with E-state index in [0.29, 0.717) is 55.7 Å². The summed E-state index contributed by atoms with van der Waals surface area (Å²) in [5.41, 5.74) is -3.22. The molecule has 2 saturated heterocycles. The number of hydrogen-bond donors (Lipinski definition) is 1. The van der Waals surface area contributed by atoms with Crippen molar-refractivity contribution in [3.8, 4) is 11.3 Å². The number of amides is 1. The van der Waals surface area contributed by atoms with Gasteiger partial charge in [-0.1, -0.05) is 30.0 Å². The van der Waals surface area contributed by atoms with E-state index in [1.165, 1.54) is 29.2 Å². The van der Waals surface area contributed by atoms with Crippen LogP contribution in [0.5, 0.6) is 0 Å². The van der Waals surface area contributed by atoms with Crippen LogP contribution >= 0.6 is 24.0 Å². The average molecular weight is 605 g/mol. The second kappa shape index (κ2) is 11.8. The smallest absolute Gasteiger partial charge is 0.416 e. The molecule has 2 aliphatic heterocycles. The van der Waals surface area contributed by atoms with Crippen molar-refractivity contribution in [2.45, 2.75) is 12.4 Å². The summed E-state index contributed by atoms with van der Waals surface area (Å²) < 4.78 is 80.0. The Bertz CT molecular complexity index is 1310. The molecule has 1 amide bonds. The minimum atomic E-state index is -4.99. The number of carboxylic acids is 1. The fourth-order valence-corrected chi connectivity index (χ4v) is 5.52. The first kappa shape index (κ1) is 30.0. The molecule has 1 aromatic heterocycles. The van der Waals surface area contributed by atoms with Gasteiger partial charge in [0, 0.05) is 44.8 Å². The van der Waals surface area contributed by atoms with Gasteiger partial charge < -0.3 is 5.11 Å². The van der Waals surface area contributed by atoms with Crippen LogP contribution in [0.25, 0.3) is 17.3 Å². The monoisotopic (exact) mass is 604 g/mol. The first-order valence-electron chi connectivity index (χ1n) is 11.9. The van der Waals surface area contributed by atoms with E-state index in [2.05, 4.69) is 9.88 Å². The fraction of sp³-hybridized carbons (Fsp3) is 0.360. The van der Waals surface area contributed by atoms with Gasteiger partial charge in [-0.05, 0) is 36.4 Å². The van der Waals surface area contributed by atoms with Crippen LogP contribution < -0.4 is 0 Å². The van der Waals surface area contributed by atoms with E-state index in [0.717, 1.165) is 11.8 Å². The summed E-state index contributed by atoms with van der Waals surface area (Å²) >= 11 is 6.37. The molecule has 15 heteroatoms. The third kappa shape index (κ3) is 7.38. The van der Waals surface area contributed by atoms with E-state index < -0.39 is 29.4 Å². The van der Waals surface area contributed by atoms with Crippen molar-refractivity contribution >= 4 is 46.3 Å². The van der Waals surface area contributed by atoms with Gasteiger partial charge in [-0.3, -0.25) is 24.3 Å². The summed E-state index contributed by atoms with van der Waals surface area (Å²) in [7, 11) is 0.